The highest BCUT2D eigenvalue weighted by atomic mass is 32.2. The quantitative estimate of drug-likeness (QED) is 0.492. The minimum atomic E-state index is -5.20. The molecule has 2 unspecified atom stereocenters. The second-order valence-corrected chi connectivity index (χ2v) is 8.66. The third-order valence-corrected chi connectivity index (χ3v) is 6.45. The van der Waals surface area contributed by atoms with Gasteiger partial charge in [-0.15, -0.1) is 13.2 Å². The Hall–Kier alpha value is -3.07. The molecule has 8 nitrogen and oxygen atoms in total. The van der Waals surface area contributed by atoms with Gasteiger partial charge in [-0.1, -0.05) is 12.1 Å². The van der Waals surface area contributed by atoms with Crippen LogP contribution in [0.3, 0.4) is 0 Å². The first-order valence-corrected chi connectivity index (χ1v) is 9.95. The van der Waals surface area contributed by atoms with Crippen LogP contribution in [-0.4, -0.2) is 54.5 Å². The van der Waals surface area contributed by atoms with Gasteiger partial charge in [0.15, 0.2) is 0 Å². The van der Waals surface area contributed by atoms with Crippen LogP contribution < -0.4 is 10.5 Å². The summed E-state index contributed by atoms with van der Waals surface area (Å²) < 4.78 is 107. The molecule has 174 valence electrons. The number of alkyl halides is 6. The number of hydrogen-bond acceptors (Lipinski definition) is 7. The summed E-state index contributed by atoms with van der Waals surface area (Å²) in [6.07, 6.45) is -9.77. The van der Waals surface area contributed by atoms with E-state index in [0.29, 0.717) is 17.2 Å². The molecule has 3 N–H and O–H groups in total. The molecule has 1 saturated heterocycles. The summed E-state index contributed by atoms with van der Waals surface area (Å²) in [5.74, 6) is -1.04. The van der Waals surface area contributed by atoms with Gasteiger partial charge in [-0.2, -0.15) is 13.2 Å². The molecule has 0 bridgehead atoms. The molecule has 0 saturated carbocycles. The fourth-order valence-corrected chi connectivity index (χ4v) is 4.56. The van der Waals surface area contributed by atoms with Gasteiger partial charge in [-0.25, -0.2) is 8.42 Å². The van der Waals surface area contributed by atoms with E-state index in [1.165, 1.54) is 0 Å². The molecular weight excluding hydrogens is 472 g/mol. The number of rotatable bonds is 5. The fraction of sp³-hybridized carbons (Fsp3) is 0.294. The van der Waals surface area contributed by atoms with Crippen molar-refractivity contribution in [3.8, 4) is 5.75 Å². The first kappa shape index (κ1) is 23.6. The lowest BCUT2D eigenvalue weighted by Gasteiger charge is -2.52. The third-order valence-electron chi connectivity index (χ3n) is 4.69. The van der Waals surface area contributed by atoms with Crippen LogP contribution in [0, 0.1) is 0 Å². The molecular formula is C17H13F6N3O5S. The van der Waals surface area contributed by atoms with E-state index in [9.17, 15) is 44.7 Å². The SMILES string of the molecule is Nc1cc(S(=O)(=O)c2ccccc2OC(F)(F)F)cnc1C1N(C=O)CC1(O)C(F)(F)F. The molecule has 15 heteroatoms. The molecule has 0 radical (unpaired) electrons. The molecule has 1 amide bonds. The second-order valence-electron chi connectivity index (χ2n) is 6.75. The molecule has 1 aromatic carbocycles. The van der Waals surface area contributed by atoms with Gasteiger partial charge in [0, 0.05) is 6.20 Å². The zero-order valence-corrected chi connectivity index (χ0v) is 16.4. The number of carbonyl (C=O) groups is 1. The van der Waals surface area contributed by atoms with Crippen molar-refractivity contribution in [2.75, 3.05) is 12.3 Å². The smallest absolute Gasteiger partial charge is 0.404 e. The second kappa shape index (κ2) is 7.51. The van der Waals surface area contributed by atoms with Crippen LogP contribution in [0.25, 0.3) is 0 Å². The molecule has 1 aliphatic heterocycles. The van der Waals surface area contributed by atoms with Gasteiger partial charge in [0.05, 0.1) is 22.8 Å². The van der Waals surface area contributed by atoms with Gasteiger partial charge in [-0.05, 0) is 18.2 Å². The van der Waals surface area contributed by atoms with Crippen molar-refractivity contribution >= 4 is 21.9 Å². The van der Waals surface area contributed by atoms with Crippen LogP contribution >= 0.6 is 0 Å². The maximum absolute atomic E-state index is 13.3. The van der Waals surface area contributed by atoms with Crippen molar-refractivity contribution < 1.29 is 49.4 Å². The average molecular weight is 485 g/mol. The van der Waals surface area contributed by atoms with Crippen LogP contribution in [0.2, 0.25) is 0 Å². The monoisotopic (exact) mass is 485 g/mol. The predicted octanol–water partition coefficient (Wildman–Crippen LogP) is 2.20. The van der Waals surface area contributed by atoms with Crippen LogP contribution in [-0.2, 0) is 14.6 Å². The van der Waals surface area contributed by atoms with Gasteiger partial charge < -0.3 is 20.5 Å². The molecule has 0 aliphatic carbocycles. The highest BCUT2D eigenvalue weighted by Crippen LogP contribution is 2.51. The van der Waals surface area contributed by atoms with Gasteiger partial charge in [0.2, 0.25) is 21.8 Å². The number of aromatic nitrogens is 1. The highest BCUT2D eigenvalue weighted by molar-refractivity contribution is 7.91. The van der Waals surface area contributed by atoms with E-state index in [4.69, 9.17) is 5.73 Å². The Morgan fingerprint density at radius 2 is 1.84 bits per heavy atom. The number of ether oxygens (including phenoxy) is 1. The van der Waals surface area contributed by atoms with Crippen LogP contribution in [0.15, 0.2) is 46.3 Å². The van der Waals surface area contributed by atoms with E-state index in [2.05, 4.69) is 9.72 Å². The summed E-state index contributed by atoms with van der Waals surface area (Å²) in [6.45, 7) is -1.09. The number of halogens is 6. The van der Waals surface area contributed by atoms with Gasteiger partial charge >= 0.3 is 12.5 Å². The number of nitrogens with zero attached hydrogens (tertiary/aromatic N) is 2. The van der Waals surface area contributed by atoms with Crippen molar-refractivity contribution in [1.29, 1.82) is 0 Å². The van der Waals surface area contributed by atoms with E-state index in [1.807, 2.05) is 0 Å². The lowest BCUT2D eigenvalue weighted by Crippen LogP contribution is -2.70. The number of aliphatic hydroxyl groups is 1. The number of pyridine rings is 1. The Balaban J connectivity index is 2.05. The zero-order chi connectivity index (χ0) is 24.1. The summed E-state index contributed by atoms with van der Waals surface area (Å²) in [6, 6.07) is 2.42. The average Bonchev–Trinajstić information content (AvgIpc) is 2.65. The molecule has 0 spiro atoms. The number of hydrogen-bond donors (Lipinski definition) is 2. The van der Waals surface area contributed by atoms with Gasteiger partial charge in [0.1, 0.15) is 16.7 Å². The molecule has 1 aliphatic rings. The Morgan fingerprint density at radius 1 is 1.22 bits per heavy atom. The molecule has 2 aromatic rings. The van der Waals surface area contributed by atoms with E-state index in [1.54, 1.807) is 0 Å². The maximum Gasteiger partial charge on any atom is 0.573 e. The van der Waals surface area contributed by atoms with Crippen LogP contribution in [0.4, 0.5) is 32.0 Å². The van der Waals surface area contributed by atoms with E-state index < -0.39 is 67.5 Å². The zero-order valence-electron chi connectivity index (χ0n) is 15.6. The first-order valence-electron chi connectivity index (χ1n) is 8.47. The largest absolute Gasteiger partial charge is 0.573 e. The standard InChI is InChI=1S/C17H13F6N3O5S/c18-16(19,20)15(28)7-26(8-27)14(15)13-10(24)5-9(6-25-13)32(29,30)12-4-2-1-3-11(12)31-17(21,22)23/h1-6,8,14,28H,7,24H2. The van der Waals surface area contributed by atoms with E-state index in [-0.39, 0.29) is 6.41 Å². The van der Waals surface area contributed by atoms with Crippen molar-refractivity contribution in [3.05, 3.63) is 42.2 Å². The summed E-state index contributed by atoms with van der Waals surface area (Å²) >= 11 is 0. The summed E-state index contributed by atoms with van der Waals surface area (Å²) in [5, 5.41) is 9.98. The maximum atomic E-state index is 13.3. The minimum absolute atomic E-state index is 0.0291. The third kappa shape index (κ3) is 3.92. The molecule has 2 heterocycles. The van der Waals surface area contributed by atoms with E-state index in [0.717, 1.165) is 24.3 Å². The Kier molecular flexibility index (Phi) is 5.54. The van der Waals surface area contributed by atoms with Crippen molar-refractivity contribution in [2.45, 2.75) is 34.0 Å². The number of sulfone groups is 1. The Bertz CT molecular complexity index is 1150. The Labute approximate surface area is 176 Å². The lowest BCUT2D eigenvalue weighted by molar-refractivity contribution is -0.320. The summed E-state index contributed by atoms with van der Waals surface area (Å²) in [5.41, 5.74) is 1.02. The number of amides is 1. The number of nitrogens with two attached hydrogens (primary N) is 1. The first-order chi connectivity index (χ1) is 14.6. The van der Waals surface area contributed by atoms with Crippen LogP contribution in [0.5, 0.6) is 5.75 Å². The fourth-order valence-electron chi connectivity index (χ4n) is 3.20. The predicted molar refractivity (Wildman–Crippen MR) is 93.7 cm³/mol. The van der Waals surface area contributed by atoms with Crippen molar-refractivity contribution in [2.24, 2.45) is 0 Å². The lowest BCUT2D eigenvalue weighted by atomic mass is 9.80. The van der Waals surface area contributed by atoms with Crippen molar-refractivity contribution in [3.63, 3.8) is 0 Å². The number of benzene rings is 1. The van der Waals surface area contributed by atoms with Gasteiger partial charge in [-0.3, -0.25) is 9.78 Å². The molecule has 1 aromatic heterocycles. The van der Waals surface area contributed by atoms with Crippen molar-refractivity contribution in [1.82, 2.24) is 9.88 Å². The highest BCUT2D eigenvalue weighted by Gasteiger charge is 2.68. The number of anilines is 1. The molecule has 32 heavy (non-hydrogen) atoms. The molecule has 1 fully saturated rings. The number of carbonyl (C=O) groups excluding carboxylic acids is 1. The molecule has 2 atom stereocenters. The minimum Gasteiger partial charge on any atom is -0.404 e. The number of likely N-dealkylation sites (tertiary alicyclic amines) is 1. The Morgan fingerprint density at radius 3 is 2.38 bits per heavy atom. The summed E-state index contributed by atoms with van der Waals surface area (Å²) in [7, 11) is -4.71. The number of para-hydroxylation sites is 1. The number of β-amino-alcohol motifs (C(OH)–C–C–N with tert-alkyl or cyclic N) is 1. The van der Waals surface area contributed by atoms with Gasteiger partial charge in [0.25, 0.3) is 0 Å². The topological polar surface area (TPSA) is 123 Å². The van der Waals surface area contributed by atoms with Crippen LogP contribution in [0.1, 0.15) is 11.7 Å². The molecule has 3 rings (SSSR count). The normalized spacial score (nSPS) is 21.7. The van der Waals surface area contributed by atoms with E-state index >= 15 is 0 Å². The summed E-state index contributed by atoms with van der Waals surface area (Å²) in [4.78, 5) is 13.5. The number of nitrogen functional groups attached to an aromatic ring is 1.